The molecule has 0 N–H and O–H groups in total. The monoisotopic (exact) mass is 982 g/mol. The van der Waals surface area contributed by atoms with E-state index >= 15 is 0 Å². The minimum atomic E-state index is 0.679. The minimum Gasteiger partial charge on any atom is -0.309 e. The molecule has 77 heavy (non-hydrogen) atoms. The lowest BCUT2D eigenvalue weighted by Crippen LogP contribution is -1.99. The Balaban J connectivity index is 1.06. The topological polar surface area (TPSA) is 45.5 Å². The van der Waals surface area contributed by atoms with E-state index in [0.29, 0.717) is 5.82 Å². The first kappa shape index (κ1) is 43.1. The molecule has 6 nitrogen and oxygen atoms in total. The molecule has 360 valence electrons. The molecule has 16 rings (SSSR count). The van der Waals surface area contributed by atoms with Crippen LogP contribution in [0.15, 0.2) is 261 Å². The Labute approximate surface area is 443 Å². The summed E-state index contributed by atoms with van der Waals surface area (Å²) in [5.41, 5.74) is 19.6. The van der Waals surface area contributed by atoms with Crippen LogP contribution in [0.25, 0.3) is 144 Å². The van der Waals surface area contributed by atoms with Gasteiger partial charge in [-0.25, -0.2) is 9.97 Å². The van der Waals surface area contributed by atoms with Crippen molar-refractivity contribution in [3.8, 4) is 56.7 Å². The summed E-state index contributed by atoms with van der Waals surface area (Å²) >= 11 is 0. The van der Waals surface area contributed by atoms with E-state index < -0.39 is 0 Å². The van der Waals surface area contributed by atoms with Crippen molar-refractivity contribution in [2.24, 2.45) is 0 Å². The maximum absolute atomic E-state index is 5.50. The second-order valence-corrected chi connectivity index (χ2v) is 20.1. The summed E-state index contributed by atoms with van der Waals surface area (Å²) in [5, 5.41) is 9.61. The first-order valence-corrected chi connectivity index (χ1v) is 26.3. The molecule has 0 atom stereocenters. The molecule has 5 aromatic heterocycles. The molecule has 0 spiro atoms. The highest BCUT2D eigenvalue weighted by Crippen LogP contribution is 2.48. The highest BCUT2D eigenvalue weighted by Gasteiger charge is 2.27. The predicted octanol–water partition coefficient (Wildman–Crippen LogP) is 18.2. The van der Waals surface area contributed by atoms with E-state index in [-0.39, 0.29) is 0 Å². The van der Waals surface area contributed by atoms with Gasteiger partial charge in [0, 0.05) is 82.5 Å². The number of hydrogen-bond donors (Lipinski definition) is 0. The van der Waals surface area contributed by atoms with E-state index in [0.717, 1.165) is 72.8 Å². The van der Waals surface area contributed by atoms with Gasteiger partial charge in [0.15, 0.2) is 5.82 Å². The Morgan fingerprint density at radius 1 is 0.273 bits per heavy atom. The van der Waals surface area contributed by atoms with Crippen molar-refractivity contribution in [3.63, 3.8) is 0 Å². The van der Waals surface area contributed by atoms with Gasteiger partial charge in [-0.15, -0.1) is 0 Å². The Kier molecular flexibility index (Phi) is 9.45. The van der Waals surface area contributed by atoms with Crippen LogP contribution < -0.4 is 0 Å². The molecule has 0 unspecified atom stereocenters. The molecule has 0 amide bonds. The Bertz CT molecular complexity index is 4950. The van der Waals surface area contributed by atoms with Crippen LogP contribution >= 0.6 is 0 Å². The molecule has 11 aromatic carbocycles. The highest BCUT2D eigenvalue weighted by atomic mass is 15.0. The second kappa shape index (κ2) is 16.9. The fourth-order valence-corrected chi connectivity index (χ4v) is 12.7. The molecule has 0 radical (unpaired) electrons. The van der Waals surface area contributed by atoms with Gasteiger partial charge in [0.1, 0.15) is 0 Å². The van der Waals surface area contributed by atoms with E-state index in [1.165, 1.54) is 70.9 Å². The highest BCUT2D eigenvalue weighted by molar-refractivity contribution is 6.29. The summed E-state index contributed by atoms with van der Waals surface area (Å²) < 4.78 is 9.91. The molecular weight excluding hydrogens is 937 g/mol. The number of aromatic nitrogens is 6. The number of hydrogen-bond acceptors (Lipinski definition) is 2. The molecule has 0 aliphatic rings. The van der Waals surface area contributed by atoms with E-state index in [2.05, 4.69) is 280 Å². The quantitative estimate of drug-likeness (QED) is 0.160. The van der Waals surface area contributed by atoms with Crippen molar-refractivity contribution in [2.75, 3.05) is 0 Å². The van der Waals surface area contributed by atoms with Gasteiger partial charge < -0.3 is 18.3 Å². The van der Waals surface area contributed by atoms with Crippen LogP contribution in [0.2, 0.25) is 0 Å². The van der Waals surface area contributed by atoms with Gasteiger partial charge in [0.25, 0.3) is 0 Å². The number of para-hydroxylation sites is 6. The lowest BCUT2D eigenvalue weighted by molar-refractivity contribution is 1.16. The lowest BCUT2D eigenvalue weighted by atomic mass is 10.0. The van der Waals surface area contributed by atoms with E-state index in [1.807, 2.05) is 6.07 Å². The third-order valence-corrected chi connectivity index (χ3v) is 15.8. The third-order valence-electron chi connectivity index (χ3n) is 15.8. The molecule has 0 aliphatic carbocycles. The van der Waals surface area contributed by atoms with Crippen LogP contribution in [0, 0.1) is 6.92 Å². The van der Waals surface area contributed by atoms with E-state index in [1.54, 1.807) is 0 Å². The SMILES string of the molecule is Cc1cc2c(c3ccccc3n2-c2ccccc2)c2c1c1cc(-n3c4ccc5c6ccccc6n(-c6ccccc6)c5c4c4cccc(-c5cc(-c6ccccc6)nc(-c6ccccc6)n5)c43)ccc1n2-c1ccccc1. The Hall–Kier alpha value is -10.3. The molecule has 6 heteroatoms. The van der Waals surface area contributed by atoms with Crippen molar-refractivity contribution in [3.05, 3.63) is 266 Å². The van der Waals surface area contributed by atoms with Gasteiger partial charge in [0.05, 0.1) is 55.5 Å². The van der Waals surface area contributed by atoms with Crippen molar-refractivity contribution < 1.29 is 0 Å². The zero-order valence-electron chi connectivity index (χ0n) is 42.0. The van der Waals surface area contributed by atoms with E-state index in [4.69, 9.17) is 9.97 Å². The first-order valence-electron chi connectivity index (χ1n) is 26.3. The van der Waals surface area contributed by atoms with E-state index in [9.17, 15) is 0 Å². The largest absolute Gasteiger partial charge is 0.309 e. The van der Waals surface area contributed by atoms with Gasteiger partial charge >= 0.3 is 0 Å². The van der Waals surface area contributed by atoms with Crippen LogP contribution in [0.4, 0.5) is 0 Å². The van der Waals surface area contributed by atoms with Crippen molar-refractivity contribution in [2.45, 2.75) is 6.92 Å². The summed E-state index contributed by atoms with van der Waals surface area (Å²) in [6.45, 7) is 2.29. The smallest absolute Gasteiger partial charge is 0.160 e. The predicted molar refractivity (Wildman–Crippen MR) is 320 cm³/mol. The van der Waals surface area contributed by atoms with Crippen LogP contribution in [-0.2, 0) is 0 Å². The maximum Gasteiger partial charge on any atom is 0.160 e. The summed E-state index contributed by atoms with van der Waals surface area (Å²) in [5.74, 6) is 0.679. The molecule has 0 bridgehead atoms. The Morgan fingerprint density at radius 3 is 1.47 bits per heavy atom. The summed E-state index contributed by atoms with van der Waals surface area (Å²) in [4.78, 5) is 10.7. The molecule has 0 fully saturated rings. The summed E-state index contributed by atoms with van der Waals surface area (Å²) in [7, 11) is 0. The van der Waals surface area contributed by atoms with Crippen LogP contribution in [-0.4, -0.2) is 28.2 Å². The van der Waals surface area contributed by atoms with Gasteiger partial charge in [-0.05, 0) is 97.4 Å². The zero-order chi connectivity index (χ0) is 50.7. The average molecular weight is 983 g/mol. The number of nitrogens with zero attached hydrogens (tertiary/aromatic N) is 6. The number of aryl methyl sites for hydroxylation is 1. The summed E-state index contributed by atoms with van der Waals surface area (Å²) in [6, 6.07) is 94.2. The maximum atomic E-state index is 5.50. The Morgan fingerprint density at radius 2 is 0.779 bits per heavy atom. The minimum absolute atomic E-state index is 0.679. The van der Waals surface area contributed by atoms with Crippen LogP contribution in [0.1, 0.15) is 5.56 Å². The van der Waals surface area contributed by atoms with Gasteiger partial charge in [0.2, 0.25) is 0 Å². The molecule has 0 aliphatic heterocycles. The summed E-state index contributed by atoms with van der Waals surface area (Å²) in [6.07, 6.45) is 0. The molecule has 5 heterocycles. The van der Waals surface area contributed by atoms with Gasteiger partial charge in [-0.2, -0.15) is 0 Å². The van der Waals surface area contributed by atoms with Crippen molar-refractivity contribution in [1.82, 2.24) is 28.2 Å². The van der Waals surface area contributed by atoms with Crippen molar-refractivity contribution >= 4 is 87.2 Å². The van der Waals surface area contributed by atoms with Gasteiger partial charge in [-0.1, -0.05) is 176 Å². The number of rotatable bonds is 7. The van der Waals surface area contributed by atoms with Crippen LogP contribution in [0.5, 0.6) is 0 Å². The zero-order valence-corrected chi connectivity index (χ0v) is 42.0. The molecule has 16 aromatic rings. The number of fused-ring (bicyclic) bond motifs is 14. The normalized spacial score (nSPS) is 12.0. The van der Waals surface area contributed by atoms with Gasteiger partial charge in [-0.3, -0.25) is 0 Å². The molecular formula is C71H46N6. The first-order chi connectivity index (χ1) is 38.2. The third kappa shape index (κ3) is 6.42. The fraction of sp³-hybridized carbons (Fsp3) is 0.0141. The standard InChI is InChI=1S/C71H46N6/c1-45-42-64-66(55-33-18-20-37-61(55)74(64)48-26-11-4-12-27-48)70-65(45)57-43-51(38-40-62(57)76(70)50-30-15-6-16-31-50)77-63-41-39-53-52-32-17-19-36-60(52)75(49-28-13-5-14-29-49)69(53)67(63)56-35-21-34-54(68(56)77)59-44-58(46-22-7-2-8-23-46)72-71(73-59)47-24-9-3-10-25-47/h2-44H,1H3. The lowest BCUT2D eigenvalue weighted by Gasteiger charge is -2.14. The van der Waals surface area contributed by atoms with Crippen LogP contribution in [0.3, 0.4) is 0 Å². The van der Waals surface area contributed by atoms with Crippen molar-refractivity contribution in [1.29, 1.82) is 0 Å². The molecule has 0 saturated carbocycles. The number of benzene rings is 11. The second-order valence-electron chi connectivity index (χ2n) is 20.1. The fourth-order valence-electron chi connectivity index (χ4n) is 12.7. The average Bonchev–Trinajstić information content (AvgIpc) is 4.43. The molecule has 0 saturated heterocycles.